The van der Waals surface area contributed by atoms with E-state index in [1.807, 2.05) is 182 Å². The lowest BCUT2D eigenvalue weighted by Crippen LogP contribution is -2.16. The Labute approximate surface area is 691 Å². The predicted molar refractivity (Wildman–Crippen MR) is 471 cm³/mol. The average molecular weight is 1580 g/mol. The molecule has 598 valence electrons. The van der Waals surface area contributed by atoms with Gasteiger partial charge >= 0.3 is 0 Å². The third kappa shape index (κ3) is 26.5. The number of Topliss-reactive ketones (excluding diaryl/α,β-unsaturated/α-hetero) is 8. The summed E-state index contributed by atoms with van der Waals surface area (Å²) in [7, 11) is 0. The summed E-state index contributed by atoms with van der Waals surface area (Å²) in [6.45, 7) is 14.1. The van der Waals surface area contributed by atoms with Crippen molar-refractivity contribution in [3.05, 3.63) is 370 Å². The highest BCUT2D eigenvalue weighted by Gasteiger charge is 2.14. The Hall–Kier alpha value is -15.1. The maximum absolute atomic E-state index is 12.7. The van der Waals surface area contributed by atoms with Crippen molar-refractivity contribution in [2.24, 2.45) is 0 Å². The van der Waals surface area contributed by atoms with Gasteiger partial charge in [0.25, 0.3) is 11.8 Å². The maximum Gasteiger partial charge on any atom is 0.255 e. The van der Waals surface area contributed by atoms with E-state index < -0.39 is 0 Å². The van der Waals surface area contributed by atoms with Crippen molar-refractivity contribution < 1.29 is 62.2 Å². The van der Waals surface area contributed by atoms with Crippen LogP contribution in [0.5, 0.6) is 11.5 Å². The summed E-state index contributed by atoms with van der Waals surface area (Å²) in [5.41, 5.74) is 17.4. The van der Waals surface area contributed by atoms with E-state index in [2.05, 4.69) is 38.0 Å². The molecule has 13 rings (SSSR count). The number of hydrogen-bond donors (Lipinski definition) is 6. The molecule has 0 aliphatic heterocycles. The van der Waals surface area contributed by atoms with Crippen molar-refractivity contribution in [2.45, 2.75) is 74.9 Å². The lowest BCUT2D eigenvalue weighted by molar-refractivity contribution is -0.116. The van der Waals surface area contributed by atoms with Crippen molar-refractivity contribution in [1.82, 2.24) is 0 Å². The first-order chi connectivity index (χ1) is 57.2. The summed E-state index contributed by atoms with van der Waals surface area (Å²) < 4.78 is 11.4. The number of ether oxygens (including phenoxy) is 2. The normalized spacial score (nSPS) is 10.4. The monoisotopic (exact) mass is 1580 g/mol. The lowest BCUT2D eigenvalue weighted by Gasteiger charge is -2.10. The molecule has 13 aromatic rings. The highest BCUT2D eigenvalue weighted by Crippen LogP contribution is 2.28. The van der Waals surface area contributed by atoms with Crippen LogP contribution in [-0.4, -0.2) is 77.3 Å². The van der Waals surface area contributed by atoms with Crippen LogP contribution in [0.1, 0.15) is 177 Å². The van der Waals surface area contributed by atoms with Crippen LogP contribution in [0.4, 0.5) is 34.1 Å². The summed E-state index contributed by atoms with van der Waals surface area (Å²) in [6.07, 6.45) is 0.308. The topological polar surface area (TPSA) is 278 Å². The minimum atomic E-state index is -0.208. The van der Waals surface area contributed by atoms with E-state index in [1.54, 1.807) is 143 Å². The van der Waals surface area contributed by atoms with Crippen molar-refractivity contribution in [1.29, 1.82) is 0 Å². The van der Waals surface area contributed by atoms with E-state index in [9.17, 15) is 52.7 Å². The summed E-state index contributed by atoms with van der Waals surface area (Å²) in [6, 6.07) is 92.0. The molecule has 0 fully saturated rings. The number of ketones is 8. The molecule has 19 heteroatoms. The van der Waals surface area contributed by atoms with E-state index in [0.717, 1.165) is 61.2 Å². The third-order valence-corrected chi connectivity index (χ3v) is 19.0. The van der Waals surface area contributed by atoms with Crippen LogP contribution in [0, 0.1) is 0 Å². The molecule has 0 atom stereocenters. The quantitative estimate of drug-likeness (QED) is 0.0188. The van der Waals surface area contributed by atoms with Crippen molar-refractivity contribution in [3.8, 4) is 33.8 Å². The molecule has 0 radical (unpaired) electrons. The van der Waals surface area contributed by atoms with Gasteiger partial charge in [-0.2, -0.15) is 0 Å². The number of nitrogens with one attached hydrogen (secondary N) is 6. The molecule has 0 aromatic heterocycles. The van der Waals surface area contributed by atoms with Crippen LogP contribution < -0.4 is 41.4 Å². The standard InChI is InChI=1S/C29H24O4.C28H24N2O3.C24H22N2O3.C19H20N2O3/c1-20(30)22-3-7-24(8-4-22)26-11-15-28(16-12-26)32-19-33-29-17-13-27(14-18-29)25-9-5-23(6-10-25)21(2)31;1-18(31)21-7-11-26(12-8-21)29-17-20-3-4-24-16-25(6-5-23(24)15-20)28(33)30-27-13-9-22(10-14-27)19(2)32;1-16(27)19-7-11-22(12-8-19)25-15-18-3-5-21(6-4-18)24(29)26-23-13-9-20(10-14-23)17(2)28;1-13(22)15-3-7-17(8-4-15)20-12-11-19(24)21-18-9-5-16(6-10-18)14(2)23/h3-18H,19H2,1-2H3;3-16,29H,17H2,1-2H3,(H,30,33);3-14,25H,15H2,1-2H3,(H,26,29);3-10,20H,11-12H2,1-2H3,(H,21,24). The molecule has 0 heterocycles. The maximum atomic E-state index is 12.7. The highest BCUT2D eigenvalue weighted by molar-refractivity contribution is 6.08. The number of fused-ring (bicyclic) bond motifs is 1. The van der Waals surface area contributed by atoms with Crippen molar-refractivity contribution in [3.63, 3.8) is 0 Å². The minimum absolute atomic E-state index is 0.00660. The second kappa shape index (κ2) is 42.3. The Morgan fingerprint density at radius 2 is 0.487 bits per heavy atom. The van der Waals surface area contributed by atoms with Gasteiger partial charge in [0, 0.05) is 116 Å². The molecule has 119 heavy (non-hydrogen) atoms. The molecular weight excluding hydrogens is 1490 g/mol. The van der Waals surface area contributed by atoms with Crippen LogP contribution in [-0.2, 0) is 17.9 Å². The van der Waals surface area contributed by atoms with Gasteiger partial charge in [0.15, 0.2) is 46.3 Å². The fourth-order valence-corrected chi connectivity index (χ4v) is 12.0. The van der Waals surface area contributed by atoms with Crippen LogP contribution in [0.3, 0.4) is 0 Å². The zero-order chi connectivity index (χ0) is 84.9. The van der Waals surface area contributed by atoms with Crippen molar-refractivity contribution in [2.75, 3.05) is 45.2 Å². The molecule has 0 spiro atoms. The number of carbonyl (C=O) groups excluding carboxylic acids is 11. The van der Waals surface area contributed by atoms with Gasteiger partial charge in [0.1, 0.15) is 11.5 Å². The van der Waals surface area contributed by atoms with E-state index in [-0.39, 0.29) is 70.8 Å². The smallest absolute Gasteiger partial charge is 0.255 e. The molecule has 19 nitrogen and oxygen atoms in total. The zero-order valence-electron chi connectivity index (χ0n) is 67.2. The Kier molecular flexibility index (Phi) is 30.7. The minimum Gasteiger partial charge on any atom is -0.458 e. The number of anilines is 6. The summed E-state index contributed by atoms with van der Waals surface area (Å²) >= 11 is 0. The molecule has 13 aromatic carbocycles. The molecule has 0 unspecified atom stereocenters. The number of carbonyl (C=O) groups is 11. The van der Waals surface area contributed by atoms with E-state index in [1.165, 1.54) is 27.7 Å². The average Bonchev–Trinajstić information content (AvgIpc) is 0.816. The van der Waals surface area contributed by atoms with E-state index in [4.69, 9.17) is 9.47 Å². The molecule has 3 amide bonds. The SMILES string of the molecule is CC(=O)c1ccc(-c2ccc(OCOc3ccc(-c4ccc(C(C)=O)cc4)cc3)cc2)cc1.CC(=O)c1ccc(NCCC(=O)Nc2ccc(C(C)=O)cc2)cc1.CC(=O)c1ccc(NCc2ccc(C(=O)Nc3ccc(C(C)=O)cc3)cc2)cc1.CC(=O)c1ccc(NCc2ccc3cc(C(=O)Nc4ccc(C(C)=O)cc4)ccc3c2)cc1. The molecule has 0 aliphatic rings. The van der Waals surface area contributed by atoms with Gasteiger partial charge in [-0.3, -0.25) is 52.7 Å². The van der Waals surface area contributed by atoms with Gasteiger partial charge in [-0.05, 0) is 300 Å². The van der Waals surface area contributed by atoms with Crippen LogP contribution in [0.15, 0.2) is 303 Å². The van der Waals surface area contributed by atoms with E-state index in [0.29, 0.717) is 110 Å². The second-order valence-corrected chi connectivity index (χ2v) is 28.0. The van der Waals surface area contributed by atoms with Gasteiger partial charge in [0.2, 0.25) is 12.7 Å². The Bertz CT molecular complexity index is 5660. The highest BCUT2D eigenvalue weighted by atomic mass is 16.7. The molecule has 0 bridgehead atoms. The summed E-state index contributed by atoms with van der Waals surface area (Å²) in [4.78, 5) is 128. The number of rotatable bonds is 29. The van der Waals surface area contributed by atoms with Crippen LogP contribution in [0.25, 0.3) is 33.0 Å². The van der Waals surface area contributed by atoms with Gasteiger partial charge in [-0.15, -0.1) is 0 Å². The molecule has 0 saturated heterocycles. The summed E-state index contributed by atoms with van der Waals surface area (Å²) in [5, 5.41) is 20.3. The first-order valence-electron chi connectivity index (χ1n) is 38.4. The molecule has 0 saturated carbocycles. The first-order valence-corrected chi connectivity index (χ1v) is 38.4. The number of benzene rings is 13. The molecular formula is C100H90N6O13. The van der Waals surface area contributed by atoms with Gasteiger partial charge in [0.05, 0.1) is 0 Å². The van der Waals surface area contributed by atoms with Crippen LogP contribution >= 0.6 is 0 Å². The fraction of sp³-hybridized carbons (Fsp3) is 0.130. The largest absolute Gasteiger partial charge is 0.458 e. The summed E-state index contributed by atoms with van der Waals surface area (Å²) in [5.74, 6) is 1.10. The zero-order valence-corrected chi connectivity index (χ0v) is 67.2. The van der Waals surface area contributed by atoms with E-state index >= 15 is 0 Å². The number of amides is 3. The Morgan fingerprint density at radius 1 is 0.235 bits per heavy atom. The number of hydrogen-bond acceptors (Lipinski definition) is 16. The van der Waals surface area contributed by atoms with Gasteiger partial charge < -0.3 is 41.4 Å². The third-order valence-electron chi connectivity index (χ3n) is 19.0. The Morgan fingerprint density at radius 3 is 0.832 bits per heavy atom. The predicted octanol–water partition coefficient (Wildman–Crippen LogP) is 21.4. The van der Waals surface area contributed by atoms with Gasteiger partial charge in [-0.1, -0.05) is 103 Å². The molecule has 0 aliphatic carbocycles. The van der Waals surface area contributed by atoms with Gasteiger partial charge in [-0.25, -0.2) is 0 Å². The first kappa shape index (κ1) is 86.3. The second-order valence-electron chi connectivity index (χ2n) is 28.0. The fourth-order valence-electron chi connectivity index (χ4n) is 12.0. The Balaban J connectivity index is 0.000000168. The van der Waals surface area contributed by atoms with Crippen LogP contribution in [0.2, 0.25) is 0 Å². The van der Waals surface area contributed by atoms with Crippen molar-refractivity contribution >= 4 is 109 Å². The lowest BCUT2D eigenvalue weighted by atomic mass is 10.0. The molecule has 6 N–H and O–H groups in total.